The van der Waals surface area contributed by atoms with Crippen molar-refractivity contribution in [1.82, 2.24) is 14.4 Å². The number of aromatic nitrogens is 3. The van der Waals surface area contributed by atoms with E-state index in [-0.39, 0.29) is 11.4 Å². The first-order valence-corrected chi connectivity index (χ1v) is 9.15. The van der Waals surface area contributed by atoms with Crippen LogP contribution < -0.4 is 0 Å². The number of hydrogen-bond acceptors (Lipinski definition) is 4. The third kappa shape index (κ3) is 1.96. The Bertz CT molecular complexity index is 1730. The van der Waals surface area contributed by atoms with Gasteiger partial charge in [0.1, 0.15) is 17.7 Å². The van der Waals surface area contributed by atoms with Gasteiger partial charge in [0.25, 0.3) is 0 Å². The number of nitriles is 2. The van der Waals surface area contributed by atoms with Crippen LogP contribution in [0, 0.1) is 22.7 Å². The molecule has 5 heteroatoms. The Labute approximate surface area is 164 Å². The zero-order chi connectivity index (χ0) is 19.5. The summed E-state index contributed by atoms with van der Waals surface area (Å²) >= 11 is 0. The summed E-state index contributed by atoms with van der Waals surface area (Å²) in [5.41, 5.74) is 2.32. The number of rotatable bonds is 0. The Kier molecular flexibility index (Phi) is 2.96. The monoisotopic (exact) mass is 369 g/mol. The van der Waals surface area contributed by atoms with Crippen LogP contribution in [0.4, 0.5) is 0 Å². The lowest BCUT2D eigenvalue weighted by molar-refractivity contribution is 1.14. The number of nitrogens with zero attached hydrogens (tertiary/aromatic N) is 5. The van der Waals surface area contributed by atoms with Gasteiger partial charge in [-0.3, -0.25) is 4.40 Å². The van der Waals surface area contributed by atoms with Crippen molar-refractivity contribution in [3.05, 3.63) is 78.2 Å². The van der Waals surface area contributed by atoms with Crippen molar-refractivity contribution in [2.75, 3.05) is 0 Å². The van der Waals surface area contributed by atoms with E-state index in [1.54, 1.807) is 0 Å². The van der Waals surface area contributed by atoms with Gasteiger partial charge in [0.2, 0.25) is 0 Å². The first kappa shape index (κ1) is 15.6. The Morgan fingerprint density at radius 1 is 0.690 bits per heavy atom. The molecule has 0 aliphatic heterocycles. The van der Waals surface area contributed by atoms with E-state index < -0.39 is 0 Å². The minimum atomic E-state index is 0.0404. The standard InChI is InChI=1S/C24H11N5/c25-11-19-20(12-26)28-24-22(27-19)21-16-7-3-1-5-14(16)9-10-18(21)23-17-8-4-2-6-15(17)13-29(23)24/h1-10,13H. The van der Waals surface area contributed by atoms with Crippen molar-refractivity contribution in [2.24, 2.45) is 0 Å². The predicted octanol–water partition coefficient (Wildman–Crippen LogP) is 5.09. The van der Waals surface area contributed by atoms with Crippen molar-refractivity contribution in [3.63, 3.8) is 0 Å². The summed E-state index contributed by atoms with van der Waals surface area (Å²) in [6, 6.07) is 24.5. The van der Waals surface area contributed by atoms with Gasteiger partial charge in [-0.1, -0.05) is 60.7 Å². The Morgan fingerprint density at radius 3 is 2.17 bits per heavy atom. The second kappa shape index (κ2) is 5.51. The highest BCUT2D eigenvalue weighted by atomic mass is 15.0. The molecule has 132 valence electrons. The summed E-state index contributed by atoms with van der Waals surface area (Å²) in [4.78, 5) is 9.16. The maximum absolute atomic E-state index is 9.51. The predicted molar refractivity (Wildman–Crippen MR) is 112 cm³/mol. The number of fused-ring (bicyclic) bond motifs is 10. The molecular formula is C24H11N5. The van der Waals surface area contributed by atoms with E-state index in [0.29, 0.717) is 11.2 Å². The van der Waals surface area contributed by atoms with Crippen LogP contribution in [-0.2, 0) is 0 Å². The van der Waals surface area contributed by atoms with Crippen LogP contribution in [0.3, 0.4) is 0 Å². The average Bonchev–Trinajstić information content (AvgIpc) is 3.17. The third-order valence-electron chi connectivity index (χ3n) is 5.46. The molecule has 0 aliphatic carbocycles. The average molecular weight is 369 g/mol. The fourth-order valence-corrected chi connectivity index (χ4v) is 4.24. The zero-order valence-corrected chi connectivity index (χ0v) is 15.1. The quantitative estimate of drug-likeness (QED) is 0.350. The van der Waals surface area contributed by atoms with Crippen molar-refractivity contribution in [3.8, 4) is 12.1 Å². The highest BCUT2D eigenvalue weighted by Gasteiger charge is 2.18. The molecule has 3 heterocycles. The summed E-state index contributed by atoms with van der Waals surface area (Å²) in [7, 11) is 0. The Balaban J connectivity index is 2.04. The molecule has 3 aromatic heterocycles. The molecule has 6 rings (SSSR count). The second-order valence-corrected chi connectivity index (χ2v) is 6.96. The summed E-state index contributed by atoms with van der Waals surface area (Å²) < 4.78 is 1.99. The van der Waals surface area contributed by atoms with Crippen molar-refractivity contribution in [1.29, 1.82) is 10.5 Å². The van der Waals surface area contributed by atoms with Gasteiger partial charge in [0, 0.05) is 27.7 Å². The van der Waals surface area contributed by atoms with Crippen LogP contribution in [0.1, 0.15) is 11.4 Å². The second-order valence-electron chi connectivity index (χ2n) is 6.96. The summed E-state index contributed by atoms with van der Waals surface area (Å²) in [6.45, 7) is 0. The molecule has 0 radical (unpaired) electrons. The zero-order valence-electron chi connectivity index (χ0n) is 15.1. The van der Waals surface area contributed by atoms with Crippen molar-refractivity contribution < 1.29 is 0 Å². The van der Waals surface area contributed by atoms with Gasteiger partial charge in [-0.25, -0.2) is 9.97 Å². The Hall–Kier alpha value is -4.48. The van der Waals surface area contributed by atoms with Gasteiger partial charge in [-0.2, -0.15) is 10.5 Å². The van der Waals surface area contributed by atoms with Crippen LogP contribution >= 0.6 is 0 Å². The van der Waals surface area contributed by atoms with Crippen LogP contribution in [0.2, 0.25) is 0 Å². The molecule has 5 nitrogen and oxygen atoms in total. The molecule has 0 saturated carbocycles. The molecule has 0 amide bonds. The van der Waals surface area contributed by atoms with E-state index in [1.165, 1.54) is 0 Å². The van der Waals surface area contributed by atoms with Crippen LogP contribution in [-0.4, -0.2) is 14.4 Å². The molecule has 6 aromatic rings. The molecule has 3 aromatic carbocycles. The summed E-state index contributed by atoms with van der Waals surface area (Å²) in [5, 5.41) is 25.3. The van der Waals surface area contributed by atoms with Gasteiger partial charge in [-0.15, -0.1) is 0 Å². The number of benzene rings is 3. The lowest BCUT2D eigenvalue weighted by Crippen LogP contribution is -2.01. The third-order valence-corrected chi connectivity index (χ3v) is 5.46. The van der Waals surface area contributed by atoms with Gasteiger partial charge >= 0.3 is 0 Å². The highest BCUT2D eigenvalue weighted by Crippen LogP contribution is 2.37. The maximum atomic E-state index is 9.51. The molecule has 0 spiro atoms. The molecule has 0 saturated heterocycles. The molecule has 0 atom stereocenters. The van der Waals surface area contributed by atoms with Gasteiger partial charge in [-0.05, 0) is 10.8 Å². The lowest BCUT2D eigenvalue weighted by atomic mass is 10.00. The Morgan fingerprint density at radius 2 is 1.38 bits per heavy atom. The SMILES string of the molecule is N#Cc1nc2c3c4ccccc4ccc3c3c4ccccc4cn3c2nc1C#N. The van der Waals surface area contributed by atoms with E-state index in [0.717, 1.165) is 37.8 Å². The molecule has 29 heavy (non-hydrogen) atoms. The van der Waals surface area contributed by atoms with E-state index >= 15 is 0 Å². The van der Waals surface area contributed by atoms with Gasteiger partial charge < -0.3 is 0 Å². The van der Waals surface area contributed by atoms with Gasteiger partial charge in [0.05, 0.1) is 5.52 Å². The lowest BCUT2D eigenvalue weighted by Gasteiger charge is -2.11. The smallest absolute Gasteiger partial charge is 0.179 e. The number of pyridine rings is 1. The molecule has 0 fully saturated rings. The first-order chi connectivity index (χ1) is 14.3. The number of hydrogen-bond donors (Lipinski definition) is 0. The van der Waals surface area contributed by atoms with Crippen LogP contribution in [0.15, 0.2) is 66.9 Å². The molecule has 0 aliphatic rings. The summed E-state index contributed by atoms with van der Waals surface area (Å²) in [6.07, 6.45) is 2.02. The van der Waals surface area contributed by atoms with Crippen LogP contribution in [0.25, 0.3) is 49.0 Å². The topological polar surface area (TPSA) is 77.8 Å². The largest absolute Gasteiger partial charge is 0.298 e. The maximum Gasteiger partial charge on any atom is 0.179 e. The van der Waals surface area contributed by atoms with Crippen LogP contribution in [0.5, 0.6) is 0 Å². The fraction of sp³-hybridized carbons (Fsp3) is 0. The normalized spacial score (nSPS) is 11.4. The minimum Gasteiger partial charge on any atom is -0.298 e. The van der Waals surface area contributed by atoms with E-state index in [1.807, 2.05) is 47.0 Å². The summed E-state index contributed by atoms with van der Waals surface area (Å²) in [5.74, 6) is 0. The van der Waals surface area contributed by atoms with E-state index in [9.17, 15) is 10.5 Å². The fourth-order valence-electron chi connectivity index (χ4n) is 4.24. The minimum absolute atomic E-state index is 0.0404. The highest BCUT2D eigenvalue weighted by molar-refractivity contribution is 6.25. The molecule has 0 N–H and O–H groups in total. The molecular weight excluding hydrogens is 358 g/mol. The van der Waals surface area contributed by atoms with E-state index in [2.05, 4.69) is 46.4 Å². The molecule has 0 unspecified atom stereocenters. The van der Waals surface area contributed by atoms with Gasteiger partial charge in [0.15, 0.2) is 17.0 Å². The molecule has 0 bridgehead atoms. The first-order valence-electron chi connectivity index (χ1n) is 9.15. The van der Waals surface area contributed by atoms with Crippen molar-refractivity contribution in [2.45, 2.75) is 0 Å². The van der Waals surface area contributed by atoms with Crippen molar-refractivity contribution >= 4 is 49.0 Å². The van der Waals surface area contributed by atoms with E-state index in [4.69, 9.17) is 0 Å².